The molecule has 1 nitrogen and oxygen atoms in total. The van der Waals surface area contributed by atoms with Crippen molar-refractivity contribution in [1.82, 2.24) is 4.90 Å². The average molecular weight is 233 g/mol. The summed E-state index contributed by atoms with van der Waals surface area (Å²) in [6.07, 6.45) is 15.0. The molecule has 0 aliphatic carbocycles. The van der Waals surface area contributed by atoms with Crippen LogP contribution in [-0.4, -0.2) is 24.0 Å². The molecule has 0 radical (unpaired) electrons. The second-order valence-corrected chi connectivity index (χ2v) is 5.04. The SMILES string of the molecule is C=C1/C=C\C=C/CN(C(C)CCCC)CCC1. The lowest BCUT2D eigenvalue weighted by Gasteiger charge is -2.28. The minimum absolute atomic E-state index is 0.705. The Morgan fingerprint density at radius 2 is 2.24 bits per heavy atom. The third-order valence-electron chi connectivity index (χ3n) is 3.46. The van der Waals surface area contributed by atoms with Crippen LogP contribution in [0, 0.1) is 0 Å². The van der Waals surface area contributed by atoms with Crippen LogP contribution in [0.15, 0.2) is 36.5 Å². The normalized spacial score (nSPS) is 24.2. The molecular formula is C16H27N. The van der Waals surface area contributed by atoms with Crippen molar-refractivity contribution >= 4 is 0 Å². The Kier molecular flexibility index (Phi) is 6.95. The lowest BCUT2D eigenvalue weighted by atomic mass is 10.1. The standard InChI is InChI=1S/C16H27N/c1-4-5-12-16(3)17-13-8-6-7-10-15(2)11-9-14-17/h6-8,10,16H,2,4-5,9,11-14H2,1,3H3/b8-6-,10-7-. The molecule has 0 bridgehead atoms. The highest BCUT2D eigenvalue weighted by Crippen LogP contribution is 2.13. The van der Waals surface area contributed by atoms with E-state index >= 15 is 0 Å². The molecule has 1 atom stereocenters. The van der Waals surface area contributed by atoms with Gasteiger partial charge in [-0.15, -0.1) is 0 Å². The Hall–Kier alpha value is -0.820. The fraction of sp³-hybridized carbons (Fsp3) is 0.625. The van der Waals surface area contributed by atoms with Crippen LogP contribution < -0.4 is 0 Å². The molecule has 1 heteroatoms. The minimum Gasteiger partial charge on any atom is -0.297 e. The molecule has 1 heterocycles. The third-order valence-corrected chi connectivity index (χ3v) is 3.46. The van der Waals surface area contributed by atoms with E-state index in [2.05, 4.69) is 49.6 Å². The van der Waals surface area contributed by atoms with Gasteiger partial charge in [-0.25, -0.2) is 0 Å². The number of unbranched alkanes of at least 4 members (excludes halogenated alkanes) is 1. The summed E-state index contributed by atoms with van der Waals surface area (Å²) in [6.45, 7) is 11.0. The zero-order chi connectivity index (χ0) is 12.5. The molecule has 1 aliphatic heterocycles. The average Bonchev–Trinajstić information content (AvgIpc) is 2.33. The van der Waals surface area contributed by atoms with Crippen LogP contribution in [0.3, 0.4) is 0 Å². The van der Waals surface area contributed by atoms with Gasteiger partial charge in [-0.2, -0.15) is 0 Å². The Balaban J connectivity index is 2.50. The quantitative estimate of drug-likeness (QED) is 0.698. The number of nitrogens with zero attached hydrogens (tertiary/aromatic N) is 1. The van der Waals surface area contributed by atoms with Gasteiger partial charge >= 0.3 is 0 Å². The van der Waals surface area contributed by atoms with Gasteiger partial charge in [-0.05, 0) is 32.7 Å². The van der Waals surface area contributed by atoms with Crippen LogP contribution in [0.2, 0.25) is 0 Å². The van der Waals surface area contributed by atoms with Crippen molar-refractivity contribution in [3.63, 3.8) is 0 Å². The monoisotopic (exact) mass is 233 g/mol. The molecule has 1 rings (SSSR count). The summed E-state index contributed by atoms with van der Waals surface area (Å²) < 4.78 is 0. The topological polar surface area (TPSA) is 3.24 Å². The number of rotatable bonds is 4. The summed E-state index contributed by atoms with van der Waals surface area (Å²) in [5, 5.41) is 0. The Labute approximate surface area is 107 Å². The molecular weight excluding hydrogens is 206 g/mol. The third kappa shape index (κ3) is 5.88. The van der Waals surface area contributed by atoms with Crippen molar-refractivity contribution in [3.05, 3.63) is 36.5 Å². The maximum Gasteiger partial charge on any atom is 0.0169 e. The van der Waals surface area contributed by atoms with E-state index in [0.29, 0.717) is 6.04 Å². The van der Waals surface area contributed by atoms with Crippen molar-refractivity contribution in [3.8, 4) is 0 Å². The van der Waals surface area contributed by atoms with Crippen molar-refractivity contribution in [2.24, 2.45) is 0 Å². The molecule has 0 aromatic heterocycles. The molecule has 0 aromatic carbocycles. The first-order valence-electron chi connectivity index (χ1n) is 6.99. The largest absolute Gasteiger partial charge is 0.297 e. The fourth-order valence-corrected chi connectivity index (χ4v) is 2.23. The maximum atomic E-state index is 4.07. The van der Waals surface area contributed by atoms with Gasteiger partial charge in [0.05, 0.1) is 0 Å². The molecule has 17 heavy (non-hydrogen) atoms. The molecule has 1 unspecified atom stereocenters. The molecule has 0 saturated heterocycles. The molecule has 0 N–H and O–H groups in total. The number of allylic oxidation sites excluding steroid dienone is 4. The van der Waals surface area contributed by atoms with Crippen molar-refractivity contribution in [1.29, 1.82) is 0 Å². The summed E-state index contributed by atoms with van der Waals surface area (Å²) in [7, 11) is 0. The van der Waals surface area contributed by atoms with E-state index in [0.717, 1.165) is 13.0 Å². The van der Waals surface area contributed by atoms with Gasteiger partial charge in [0.15, 0.2) is 0 Å². The second-order valence-electron chi connectivity index (χ2n) is 5.04. The van der Waals surface area contributed by atoms with Gasteiger partial charge in [0.2, 0.25) is 0 Å². The Morgan fingerprint density at radius 3 is 3.00 bits per heavy atom. The highest BCUT2D eigenvalue weighted by atomic mass is 15.1. The zero-order valence-electron chi connectivity index (χ0n) is 11.5. The molecule has 0 saturated carbocycles. The number of hydrogen-bond acceptors (Lipinski definition) is 1. The van der Waals surface area contributed by atoms with Crippen molar-refractivity contribution in [2.75, 3.05) is 13.1 Å². The van der Waals surface area contributed by atoms with E-state index in [1.165, 1.54) is 37.8 Å². The van der Waals surface area contributed by atoms with Crippen LogP contribution in [-0.2, 0) is 0 Å². The van der Waals surface area contributed by atoms with Gasteiger partial charge < -0.3 is 0 Å². The molecule has 0 aromatic rings. The summed E-state index contributed by atoms with van der Waals surface area (Å²) in [4.78, 5) is 2.60. The van der Waals surface area contributed by atoms with Crippen molar-refractivity contribution < 1.29 is 0 Å². The van der Waals surface area contributed by atoms with Gasteiger partial charge in [-0.3, -0.25) is 4.90 Å². The minimum atomic E-state index is 0.705. The Bertz CT molecular complexity index is 275. The van der Waals surface area contributed by atoms with Gasteiger partial charge in [0.25, 0.3) is 0 Å². The number of hydrogen-bond donors (Lipinski definition) is 0. The maximum absolute atomic E-state index is 4.07. The fourth-order valence-electron chi connectivity index (χ4n) is 2.23. The Morgan fingerprint density at radius 1 is 1.41 bits per heavy atom. The molecule has 96 valence electrons. The van der Waals surface area contributed by atoms with E-state index in [9.17, 15) is 0 Å². The first kappa shape index (κ1) is 14.2. The van der Waals surface area contributed by atoms with Crippen LogP contribution in [0.1, 0.15) is 46.0 Å². The predicted molar refractivity (Wildman–Crippen MR) is 77.2 cm³/mol. The van der Waals surface area contributed by atoms with Gasteiger partial charge in [0, 0.05) is 12.6 Å². The summed E-state index contributed by atoms with van der Waals surface area (Å²) in [5.41, 5.74) is 1.25. The van der Waals surface area contributed by atoms with Gasteiger partial charge in [-0.1, -0.05) is 56.2 Å². The lowest BCUT2D eigenvalue weighted by Crippen LogP contribution is -2.34. The van der Waals surface area contributed by atoms with E-state index in [-0.39, 0.29) is 0 Å². The van der Waals surface area contributed by atoms with E-state index in [1.807, 2.05) is 0 Å². The van der Waals surface area contributed by atoms with Crippen molar-refractivity contribution in [2.45, 2.75) is 52.0 Å². The molecule has 0 amide bonds. The highest BCUT2D eigenvalue weighted by Gasteiger charge is 2.11. The van der Waals surface area contributed by atoms with Crippen LogP contribution in [0.25, 0.3) is 0 Å². The van der Waals surface area contributed by atoms with E-state index in [1.54, 1.807) is 0 Å². The lowest BCUT2D eigenvalue weighted by molar-refractivity contribution is 0.215. The molecule has 1 aliphatic rings. The highest BCUT2D eigenvalue weighted by molar-refractivity contribution is 5.19. The van der Waals surface area contributed by atoms with Crippen LogP contribution in [0.4, 0.5) is 0 Å². The van der Waals surface area contributed by atoms with Gasteiger partial charge in [0.1, 0.15) is 0 Å². The van der Waals surface area contributed by atoms with E-state index < -0.39 is 0 Å². The predicted octanol–water partition coefficient (Wildman–Crippen LogP) is 4.33. The summed E-state index contributed by atoms with van der Waals surface area (Å²) in [6, 6.07) is 0.705. The van der Waals surface area contributed by atoms with Crippen LogP contribution in [0.5, 0.6) is 0 Å². The van der Waals surface area contributed by atoms with Crippen LogP contribution >= 0.6 is 0 Å². The smallest absolute Gasteiger partial charge is 0.0169 e. The molecule has 0 spiro atoms. The molecule has 0 fully saturated rings. The first-order chi connectivity index (χ1) is 8.24. The zero-order valence-corrected chi connectivity index (χ0v) is 11.5. The second kappa shape index (κ2) is 8.30. The first-order valence-corrected chi connectivity index (χ1v) is 6.99. The summed E-state index contributed by atoms with van der Waals surface area (Å²) >= 11 is 0. The van der Waals surface area contributed by atoms with E-state index in [4.69, 9.17) is 0 Å². The summed E-state index contributed by atoms with van der Waals surface area (Å²) in [5.74, 6) is 0.